The lowest BCUT2D eigenvalue weighted by Crippen LogP contribution is -2.49. The molecule has 0 radical (unpaired) electrons. The van der Waals surface area contributed by atoms with Crippen LogP contribution in [0, 0.1) is 5.92 Å². The second-order valence-electron chi connectivity index (χ2n) is 11.3. The predicted molar refractivity (Wildman–Crippen MR) is 161 cm³/mol. The Balaban J connectivity index is 1.48. The number of carbonyl (C=O) groups is 2. The van der Waals surface area contributed by atoms with Gasteiger partial charge >= 0.3 is 6.18 Å². The van der Waals surface area contributed by atoms with E-state index in [-0.39, 0.29) is 29.9 Å². The highest BCUT2D eigenvalue weighted by Gasteiger charge is 2.34. The standard InChI is InChI=1S/C33H38F3N3O5/c1-22-18-39(23(2)21-40)32(42)28-17-25(37-31(41)15-16-33(34,35)36)11-14-29(28)44-30(22)20-38(3)19-24-9-12-27(13-10-24)43-26-7-5-4-6-8-26/h4-14,17,22-23,30,40H,15-16,18-21H2,1-3H3,(H,37,41)/t22-,23-,30-/m0/s1. The number of hydrogen-bond acceptors (Lipinski definition) is 6. The fraction of sp³-hybridized carbons (Fsp3) is 0.394. The van der Waals surface area contributed by atoms with E-state index in [2.05, 4.69) is 10.2 Å². The highest BCUT2D eigenvalue weighted by Crippen LogP contribution is 2.31. The third-order valence-electron chi connectivity index (χ3n) is 7.43. The van der Waals surface area contributed by atoms with Crippen LogP contribution < -0.4 is 14.8 Å². The van der Waals surface area contributed by atoms with Gasteiger partial charge in [0.1, 0.15) is 23.4 Å². The summed E-state index contributed by atoms with van der Waals surface area (Å²) >= 11 is 0. The molecule has 0 bridgehead atoms. The number of aliphatic hydroxyl groups is 1. The number of carbonyl (C=O) groups excluding carboxylic acids is 2. The molecule has 3 atom stereocenters. The molecule has 3 aromatic rings. The van der Waals surface area contributed by atoms with Gasteiger partial charge in [-0.3, -0.25) is 14.5 Å². The van der Waals surface area contributed by atoms with Crippen LogP contribution in [0.5, 0.6) is 17.2 Å². The smallest absolute Gasteiger partial charge is 0.389 e. The number of benzene rings is 3. The van der Waals surface area contributed by atoms with Crippen molar-refractivity contribution in [3.63, 3.8) is 0 Å². The number of amides is 2. The molecular weight excluding hydrogens is 575 g/mol. The summed E-state index contributed by atoms with van der Waals surface area (Å²) in [4.78, 5) is 29.4. The first-order valence-corrected chi connectivity index (χ1v) is 14.5. The van der Waals surface area contributed by atoms with Crippen molar-refractivity contribution < 1.29 is 37.3 Å². The van der Waals surface area contributed by atoms with Gasteiger partial charge in [0.2, 0.25) is 5.91 Å². The summed E-state index contributed by atoms with van der Waals surface area (Å²) in [5.74, 6) is 0.471. The Labute approximate surface area is 255 Å². The Morgan fingerprint density at radius 2 is 1.80 bits per heavy atom. The molecule has 8 nitrogen and oxygen atoms in total. The third kappa shape index (κ3) is 9.20. The van der Waals surface area contributed by atoms with Crippen molar-refractivity contribution in [1.82, 2.24) is 9.80 Å². The Morgan fingerprint density at radius 3 is 2.45 bits per heavy atom. The number of fused-ring (bicyclic) bond motifs is 1. The lowest BCUT2D eigenvalue weighted by molar-refractivity contribution is -0.142. The Hall–Kier alpha value is -4.09. The van der Waals surface area contributed by atoms with Gasteiger partial charge in [0.25, 0.3) is 5.91 Å². The zero-order valence-corrected chi connectivity index (χ0v) is 25.0. The van der Waals surface area contributed by atoms with Crippen molar-refractivity contribution in [2.45, 2.75) is 51.6 Å². The van der Waals surface area contributed by atoms with Gasteiger partial charge in [-0.1, -0.05) is 37.3 Å². The maximum absolute atomic E-state index is 13.6. The number of hydrogen-bond donors (Lipinski definition) is 2. The molecule has 0 unspecified atom stereocenters. The van der Waals surface area contributed by atoms with Crippen molar-refractivity contribution >= 4 is 17.5 Å². The van der Waals surface area contributed by atoms with Gasteiger partial charge in [-0.05, 0) is 62.0 Å². The molecule has 0 fully saturated rings. The monoisotopic (exact) mass is 613 g/mol. The maximum Gasteiger partial charge on any atom is 0.389 e. The first-order chi connectivity index (χ1) is 20.9. The molecule has 1 heterocycles. The van der Waals surface area contributed by atoms with E-state index in [0.717, 1.165) is 17.1 Å². The molecule has 0 saturated carbocycles. The maximum atomic E-state index is 13.6. The van der Waals surface area contributed by atoms with E-state index in [1.54, 1.807) is 17.9 Å². The molecule has 4 rings (SSSR count). The number of nitrogens with one attached hydrogen (secondary N) is 1. The normalized spacial score (nSPS) is 17.7. The number of nitrogens with zero attached hydrogens (tertiary/aromatic N) is 2. The van der Waals surface area contributed by atoms with Gasteiger partial charge in [-0.15, -0.1) is 0 Å². The van der Waals surface area contributed by atoms with Crippen molar-refractivity contribution in [1.29, 1.82) is 0 Å². The summed E-state index contributed by atoms with van der Waals surface area (Å²) in [6, 6.07) is 21.3. The molecule has 2 amide bonds. The first-order valence-electron chi connectivity index (χ1n) is 14.5. The molecular formula is C33H38F3N3O5. The highest BCUT2D eigenvalue weighted by atomic mass is 19.4. The lowest BCUT2D eigenvalue weighted by Gasteiger charge is -2.38. The molecule has 1 aliphatic rings. The topological polar surface area (TPSA) is 91.3 Å². The zero-order valence-electron chi connectivity index (χ0n) is 25.0. The highest BCUT2D eigenvalue weighted by molar-refractivity contribution is 5.99. The fourth-order valence-corrected chi connectivity index (χ4v) is 4.97. The van der Waals surface area contributed by atoms with Crippen molar-refractivity contribution in [2.75, 3.05) is 32.1 Å². The van der Waals surface area contributed by atoms with Gasteiger partial charge in [0, 0.05) is 37.7 Å². The molecule has 2 N–H and O–H groups in total. The lowest BCUT2D eigenvalue weighted by atomic mass is 9.99. The molecule has 0 saturated heterocycles. The summed E-state index contributed by atoms with van der Waals surface area (Å²) in [5, 5.41) is 12.3. The van der Waals surface area contributed by atoms with Gasteiger partial charge in [0.15, 0.2) is 0 Å². The molecule has 3 aromatic carbocycles. The van der Waals surface area contributed by atoms with Gasteiger partial charge in [-0.25, -0.2) is 0 Å². The Kier molecular flexibility index (Phi) is 10.9. The van der Waals surface area contributed by atoms with Crippen LogP contribution in [0.25, 0.3) is 0 Å². The van der Waals surface area contributed by atoms with Crippen LogP contribution in [0.4, 0.5) is 18.9 Å². The summed E-state index contributed by atoms with van der Waals surface area (Å²) in [6.07, 6.45) is -6.76. The van der Waals surface area contributed by atoms with Crippen LogP contribution in [0.1, 0.15) is 42.6 Å². The number of likely N-dealkylation sites (N-methyl/N-ethyl adjacent to an activating group) is 1. The molecule has 0 spiro atoms. The van der Waals surface area contributed by atoms with E-state index in [4.69, 9.17) is 9.47 Å². The molecule has 44 heavy (non-hydrogen) atoms. The van der Waals surface area contributed by atoms with Crippen LogP contribution in [0.15, 0.2) is 72.8 Å². The quantitative estimate of drug-likeness (QED) is 0.271. The Bertz CT molecular complexity index is 1400. The summed E-state index contributed by atoms with van der Waals surface area (Å²) in [5.41, 5.74) is 1.42. The first kappa shape index (κ1) is 32.8. The van der Waals surface area contributed by atoms with Crippen LogP contribution in [-0.4, -0.2) is 71.8 Å². The van der Waals surface area contributed by atoms with E-state index in [9.17, 15) is 27.9 Å². The van der Waals surface area contributed by atoms with Gasteiger partial charge in [-0.2, -0.15) is 13.2 Å². The predicted octanol–water partition coefficient (Wildman–Crippen LogP) is 6.11. The van der Waals surface area contributed by atoms with Gasteiger partial charge < -0.3 is 24.8 Å². The Morgan fingerprint density at radius 1 is 1.11 bits per heavy atom. The third-order valence-corrected chi connectivity index (χ3v) is 7.43. The minimum absolute atomic E-state index is 0.105. The van der Waals surface area contributed by atoms with Crippen LogP contribution in [-0.2, 0) is 11.3 Å². The van der Waals surface area contributed by atoms with Crippen molar-refractivity contribution in [3.05, 3.63) is 83.9 Å². The number of aliphatic hydroxyl groups excluding tert-OH is 1. The van der Waals surface area contributed by atoms with Crippen LogP contribution >= 0.6 is 0 Å². The zero-order chi connectivity index (χ0) is 31.9. The average Bonchev–Trinajstić information content (AvgIpc) is 2.99. The fourth-order valence-electron chi connectivity index (χ4n) is 4.97. The van der Waals surface area contributed by atoms with E-state index in [0.29, 0.717) is 25.4 Å². The van der Waals surface area contributed by atoms with E-state index in [1.807, 2.05) is 68.6 Å². The molecule has 236 valence electrons. The minimum atomic E-state index is -4.45. The van der Waals surface area contributed by atoms with Crippen molar-refractivity contribution in [2.24, 2.45) is 5.92 Å². The van der Waals surface area contributed by atoms with Gasteiger partial charge in [0.05, 0.1) is 24.6 Å². The summed E-state index contributed by atoms with van der Waals surface area (Å²) in [7, 11) is 1.98. The molecule has 1 aliphatic heterocycles. The number of halogens is 3. The molecule has 0 aliphatic carbocycles. The van der Waals surface area contributed by atoms with E-state index < -0.39 is 36.9 Å². The van der Waals surface area contributed by atoms with E-state index >= 15 is 0 Å². The summed E-state index contributed by atoms with van der Waals surface area (Å²) in [6.45, 7) is 4.93. The number of ether oxygens (including phenoxy) is 2. The number of para-hydroxylation sites is 1. The number of anilines is 1. The summed E-state index contributed by atoms with van der Waals surface area (Å²) < 4.78 is 50.0. The second kappa shape index (κ2) is 14.6. The number of rotatable bonds is 11. The number of alkyl halides is 3. The largest absolute Gasteiger partial charge is 0.488 e. The second-order valence-corrected chi connectivity index (χ2v) is 11.3. The van der Waals surface area contributed by atoms with Crippen molar-refractivity contribution in [3.8, 4) is 17.2 Å². The SMILES string of the molecule is C[C@H]1CN([C@@H](C)CO)C(=O)c2cc(NC(=O)CCC(F)(F)F)ccc2O[C@H]1CN(C)Cc1ccc(Oc2ccccc2)cc1. The van der Waals surface area contributed by atoms with Crippen LogP contribution in [0.2, 0.25) is 0 Å². The van der Waals surface area contributed by atoms with Crippen LogP contribution in [0.3, 0.4) is 0 Å². The average molecular weight is 614 g/mol. The minimum Gasteiger partial charge on any atom is -0.488 e. The molecule has 11 heteroatoms. The molecule has 0 aromatic heterocycles. The van der Waals surface area contributed by atoms with E-state index in [1.165, 1.54) is 12.1 Å².